The maximum atomic E-state index is 12.6. The van der Waals surface area contributed by atoms with E-state index < -0.39 is 0 Å². The van der Waals surface area contributed by atoms with Crippen molar-refractivity contribution in [1.29, 1.82) is 0 Å². The van der Waals surface area contributed by atoms with Crippen LogP contribution in [0.25, 0.3) is 0 Å². The molecule has 0 bridgehead atoms. The highest BCUT2D eigenvalue weighted by Gasteiger charge is 2.22. The number of benzene rings is 1. The lowest BCUT2D eigenvalue weighted by Crippen LogP contribution is -2.38. The Bertz CT molecular complexity index is 415. The van der Waals surface area contributed by atoms with E-state index in [-0.39, 0.29) is 11.8 Å². The van der Waals surface area contributed by atoms with Gasteiger partial charge in [0.25, 0.3) is 0 Å². The van der Waals surface area contributed by atoms with Gasteiger partial charge in [0.2, 0.25) is 5.91 Å². The summed E-state index contributed by atoms with van der Waals surface area (Å²) >= 11 is 4.91. The largest absolute Gasteiger partial charge is 0.393 e. The second kappa shape index (κ2) is 7.89. The summed E-state index contributed by atoms with van der Waals surface area (Å²) in [4.78, 5) is 14.8. The molecular weight excluding hydrogens is 256 g/mol. The van der Waals surface area contributed by atoms with Crippen LogP contribution in [0.15, 0.2) is 30.3 Å². The van der Waals surface area contributed by atoms with Crippen LogP contribution in [0.3, 0.4) is 0 Å². The van der Waals surface area contributed by atoms with Gasteiger partial charge in [-0.1, -0.05) is 44.3 Å². The van der Waals surface area contributed by atoms with Crippen molar-refractivity contribution in [3.63, 3.8) is 0 Å². The average Bonchev–Trinajstić information content (AvgIpc) is 2.41. The first kappa shape index (κ1) is 15.6. The molecule has 0 aromatic heterocycles. The van der Waals surface area contributed by atoms with Gasteiger partial charge in [-0.25, -0.2) is 0 Å². The SMILES string of the molecule is CCC(CC)C(=O)N(CCC(N)=S)c1ccccc1. The van der Waals surface area contributed by atoms with Gasteiger partial charge in [-0.05, 0) is 25.0 Å². The summed E-state index contributed by atoms with van der Waals surface area (Å²) in [5.41, 5.74) is 6.47. The predicted octanol–water partition coefficient (Wildman–Crippen LogP) is 3.13. The Labute approximate surface area is 120 Å². The van der Waals surface area contributed by atoms with Crippen LogP contribution in [-0.2, 0) is 4.79 Å². The standard InChI is InChI=1S/C15H22N2OS/c1-3-12(4-2)15(18)17(11-10-14(16)19)13-8-6-5-7-9-13/h5-9,12H,3-4,10-11H2,1-2H3,(H2,16,19). The van der Waals surface area contributed by atoms with Crippen molar-refractivity contribution in [3.8, 4) is 0 Å². The molecule has 0 saturated carbocycles. The molecule has 19 heavy (non-hydrogen) atoms. The molecule has 0 aliphatic heterocycles. The van der Waals surface area contributed by atoms with Crippen LogP contribution in [0, 0.1) is 5.92 Å². The highest BCUT2D eigenvalue weighted by Crippen LogP contribution is 2.20. The number of hydrogen-bond acceptors (Lipinski definition) is 2. The van der Waals surface area contributed by atoms with Crippen LogP contribution in [0.2, 0.25) is 0 Å². The molecule has 0 fully saturated rings. The van der Waals surface area contributed by atoms with Crippen molar-refractivity contribution in [3.05, 3.63) is 30.3 Å². The van der Waals surface area contributed by atoms with Crippen LogP contribution in [0.1, 0.15) is 33.1 Å². The quantitative estimate of drug-likeness (QED) is 0.779. The van der Waals surface area contributed by atoms with E-state index in [1.807, 2.05) is 44.2 Å². The van der Waals surface area contributed by atoms with Gasteiger partial charge in [0.1, 0.15) is 0 Å². The highest BCUT2D eigenvalue weighted by molar-refractivity contribution is 7.80. The number of carbonyl (C=O) groups is 1. The number of carbonyl (C=O) groups excluding carboxylic acids is 1. The number of para-hydroxylation sites is 1. The van der Waals surface area contributed by atoms with E-state index in [1.54, 1.807) is 4.90 Å². The van der Waals surface area contributed by atoms with Crippen LogP contribution in [0.5, 0.6) is 0 Å². The van der Waals surface area contributed by atoms with Crippen molar-refractivity contribution < 1.29 is 4.79 Å². The normalized spacial score (nSPS) is 10.5. The molecular formula is C15H22N2OS. The molecule has 0 aliphatic carbocycles. The Morgan fingerprint density at radius 1 is 1.26 bits per heavy atom. The van der Waals surface area contributed by atoms with E-state index in [0.29, 0.717) is 18.0 Å². The smallest absolute Gasteiger partial charge is 0.230 e. The fourth-order valence-corrected chi connectivity index (χ4v) is 2.15. The van der Waals surface area contributed by atoms with Crippen LogP contribution in [-0.4, -0.2) is 17.4 Å². The molecule has 0 saturated heterocycles. The molecule has 4 heteroatoms. The third kappa shape index (κ3) is 4.63. The minimum absolute atomic E-state index is 0.0616. The third-order valence-corrected chi connectivity index (χ3v) is 3.45. The maximum absolute atomic E-state index is 12.6. The molecule has 0 heterocycles. The number of nitrogens with two attached hydrogens (primary N) is 1. The van der Waals surface area contributed by atoms with E-state index in [4.69, 9.17) is 18.0 Å². The zero-order valence-electron chi connectivity index (χ0n) is 11.6. The lowest BCUT2D eigenvalue weighted by molar-refractivity contribution is -0.122. The maximum Gasteiger partial charge on any atom is 0.230 e. The number of nitrogens with zero attached hydrogens (tertiary/aromatic N) is 1. The molecule has 1 rings (SSSR count). The number of rotatable bonds is 7. The molecule has 104 valence electrons. The minimum Gasteiger partial charge on any atom is -0.393 e. The summed E-state index contributed by atoms with van der Waals surface area (Å²) in [5.74, 6) is 0.221. The summed E-state index contributed by atoms with van der Waals surface area (Å²) in [6.45, 7) is 4.64. The summed E-state index contributed by atoms with van der Waals surface area (Å²) in [6, 6.07) is 9.70. The molecule has 3 nitrogen and oxygen atoms in total. The van der Waals surface area contributed by atoms with Crippen molar-refractivity contribution in [2.45, 2.75) is 33.1 Å². The topological polar surface area (TPSA) is 46.3 Å². The first-order valence-corrected chi connectivity index (χ1v) is 7.15. The van der Waals surface area contributed by atoms with E-state index in [2.05, 4.69) is 0 Å². The van der Waals surface area contributed by atoms with Gasteiger partial charge in [-0.2, -0.15) is 0 Å². The number of thiocarbonyl (C=S) groups is 1. The Balaban J connectivity index is 2.92. The van der Waals surface area contributed by atoms with Gasteiger partial charge >= 0.3 is 0 Å². The van der Waals surface area contributed by atoms with Crippen LogP contribution in [0.4, 0.5) is 5.69 Å². The molecule has 0 atom stereocenters. The summed E-state index contributed by atoms with van der Waals surface area (Å²) in [6.07, 6.45) is 2.26. The van der Waals surface area contributed by atoms with E-state index in [1.165, 1.54) is 0 Å². The first-order valence-electron chi connectivity index (χ1n) is 6.74. The van der Waals surface area contributed by atoms with Crippen LogP contribution >= 0.6 is 12.2 Å². The minimum atomic E-state index is 0.0616. The fraction of sp³-hybridized carbons (Fsp3) is 0.467. The summed E-state index contributed by atoms with van der Waals surface area (Å²) in [5, 5.41) is 0. The molecule has 2 N–H and O–H groups in total. The van der Waals surface area contributed by atoms with Gasteiger partial charge in [-0.15, -0.1) is 0 Å². The third-order valence-electron chi connectivity index (χ3n) is 3.25. The average molecular weight is 278 g/mol. The first-order chi connectivity index (χ1) is 9.10. The van der Waals surface area contributed by atoms with Crippen LogP contribution < -0.4 is 10.6 Å². The van der Waals surface area contributed by atoms with Crippen molar-refractivity contribution in [2.75, 3.05) is 11.4 Å². The number of anilines is 1. The Morgan fingerprint density at radius 2 is 1.84 bits per heavy atom. The predicted molar refractivity (Wildman–Crippen MR) is 84.3 cm³/mol. The zero-order valence-corrected chi connectivity index (χ0v) is 12.5. The molecule has 1 aromatic rings. The second-order valence-corrected chi connectivity index (χ2v) is 5.08. The summed E-state index contributed by atoms with van der Waals surface area (Å²) < 4.78 is 0. The Kier molecular flexibility index (Phi) is 6.50. The van der Waals surface area contributed by atoms with E-state index in [9.17, 15) is 4.79 Å². The molecule has 0 radical (unpaired) electrons. The van der Waals surface area contributed by atoms with Gasteiger partial charge in [-0.3, -0.25) is 4.79 Å². The van der Waals surface area contributed by atoms with Crippen molar-refractivity contribution in [2.24, 2.45) is 11.7 Å². The van der Waals surface area contributed by atoms with Crippen molar-refractivity contribution >= 4 is 28.8 Å². The van der Waals surface area contributed by atoms with Gasteiger partial charge < -0.3 is 10.6 Å². The fourth-order valence-electron chi connectivity index (χ4n) is 2.05. The van der Waals surface area contributed by atoms with E-state index >= 15 is 0 Å². The molecule has 0 aliphatic rings. The highest BCUT2D eigenvalue weighted by atomic mass is 32.1. The zero-order chi connectivity index (χ0) is 14.3. The second-order valence-electron chi connectivity index (χ2n) is 4.56. The molecule has 1 amide bonds. The van der Waals surface area contributed by atoms with E-state index in [0.717, 1.165) is 18.5 Å². The van der Waals surface area contributed by atoms with Gasteiger partial charge in [0.05, 0.1) is 4.99 Å². The Morgan fingerprint density at radius 3 is 2.32 bits per heavy atom. The molecule has 0 unspecified atom stereocenters. The monoisotopic (exact) mass is 278 g/mol. The summed E-state index contributed by atoms with van der Waals surface area (Å²) in [7, 11) is 0. The molecule has 1 aromatic carbocycles. The van der Waals surface area contributed by atoms with Crippen molar-refractivity contribution in [1.82, 2.24) is 0 Å². The lowest BCUT2D eigenvalue weighted by Gasteiger charge is -2.26. The number of hydrogen-bond donors (Lipinski definition) is 1. The lowest BCUT2D eigenvalue weighted by atomic mass is 10.0. The number of amides is 1. The molecule has 0 spiro atoms. The Hall–Kier alpha value is -1.42. The van der Waals surface area contributed by atoms with Gasteiger partial charge in [0, 0.05) is 24.6 Å². The van der Waals surface area contributed by atoms with Gasteiger partial charge in [0.15, 0.2) is 0 Å².